The van der Waals surface area contributed by atoms with Crippen LogP contribution < -0.4 is 19.5 Å². The second-order valence-corrected chi connectivity index (χ2v) is 9.57. The van der Waals surface area contributed by atoms with E-state index in [0.717, 1.165) is 4.88 Å². The summed E-state index contributed by atoms with van der Waals surface area (Å²) in [5.41, 5.74) is 1.08. The van der Waals surface area contributed by atoms with Crippen LogP contribution in [0.5, 0.6) is 17.2 Å². The lowest BCUT2D eigenvalue weighted by Crippen LogP contribution is -2.41. The van der Waals surface area contributed by atoms with Gasteiger partial charge in [-0.1, -0.05) is 18.2 Å². The number of carboxylic acid groups (broad SMARTS) is 1. The SMILES string of the molecule is CSCC[C@H](NC(=O)c1ccc(OCC2COc3ccccc3O2)cc1-c1cccs1)C(=O)O. The van der Waals surface area contributed by atoms with Crippen LogP contribution in [-0.4, -0.2) is 54.4 Å². The second-order valence-electron chi connectivity index (χ2n) is 7.64. The Hall–Kier alpha value is -3.17. The Kier molecular flexibility index (Phi) is 7.97. The van der Waals surface area contributed by atoms with E-state index >= 15 is 0 Å². The fraction of sp³-hybridized carbons (Fsp3) is 0.280. The first-order chi connectivity index (χ1) is 16.5. The summed E-state index contributed by atoms with van der Waals surface area (Å²) in [6, 6.07) is 15.5. The van der Waals surface area contributed by atoms with E-state index in [2.05, 4.69) is 5.32 Å². The Balaban J connectivity index is 1.49. The maximum absolute atomic E-state index is 13.0. The summed E-state index contributed by atoms with van der Waals surface area (Å²) in [4.78, 5) is 25.5. The van der Waals surface area contributed by atoms with Crippen LogP contribution in [0, 0.1) is 0 Å². The van der Waals surface area contributed by atoms with Crippen LogP contribution in [0.4, 0.5) is 0 Å². The van der Waals surface area contributed by atoms with Crippen molar-refractivity contribution >= 4 is 35.0 Å². The minimum absolute atomic E-state index is 0.268. The number of thioether (sulfide) groups is 1. The number of ether oxygens (including phenoxy) is 3. The molecule has 4 rings (SSSR count). The third-order valence-electron chi connectivity index (χ3n) is 5.24. The number of carboxylic acids is 1. The highest BCUT2D eigenvalue weighted by molar-refractivity contribution is 7.98. The smallest absolute Gasteiger partial charge is 0.326 e. The van der Waals surface area contributed by atoms with Gasteiger partial charge in [0.05, 0.1) is 0 Å². The number of nitrogens with one attached hydrogen (secondary N) is 1. The highest BCUT2D eigenvalue weighted by Gasteiger charge is 2.24. The van der Waals surface area contributed by atoms with Gasteiger partial charge in [-0.15, -0.1) is 11.3 Å². The Labute approximate surface area is 206 Å². The van der Waals surface area contributed by atoms with Crippen LogP contribution in [0.15, 0.2) is 60.0 Å². The lowest BCUT2D eigenvalue weighted by molar-refractivity contribution is -0.139. The van der Waals surface area contributed by atoms with Gasteiger partial charge in [0.2, 0.25) is 0 Å². The molecule has 2 atom stereocenters. The predicted molar refractivity (Wildman–Crippen MR) is 133 cm³/mol. The lowest BCUT2D eigenvalue weighted by Gasteiger charge is -2.26. The summed E-state index contributed by atoms with van der Waals surface area (Å²) in [6.45, 7) is 0.654. The van der Waals surface area contributed by atoms with Crippen LogP contribution in [0.25, 0.3) is 10.4 Å². The van der Waals surface area contributed by atoms with Crippen molar-refractivity contribution in [3.8, 4) is 27.7 Å². The number of carbonyl (C=O) groups excluding carboxylic acids is 1. The molecule has 0 saturated heterocycles. The number of benzene rings is 2. The van der Waals surface area contributed by atoms with E-state index in [-0.39, 0.29) is 12.7 Å². The molecule has 7 nitrogen and oxygen atoms in total. The third-order valence-corrected chi connectivity index (χ3v) is 6.79. The van der Waals surface area contributed by atoms with Crippen molar-refractivity contribution in [3.63, 3.8) is 0 Å². The molecule has 2 N–H and O–H groups in total. The number of thiophene rings is 1. The summed E-state index contributed by atoms with van der Waals surface area (Å²) in [7, 11) is 0. The van der Waals surface area contributed by atoms with E-state index in [1.165, 1.54) is 23.1 Å². The highest BCUT2D eigenvalue weighted by Crippen LogP contribution is 2.33. The van der Waals surface area contributed by atoms with Crippen LogP contribution in [0.2, 0.25) is 0 Å². The summed E-state index contributed by atoms with van der Waals surface area (Å²) in [5.74, 6) is 1.15. The van der Waals surface area contributed by atoms with Crippen molar-refractivity contribution in [2.75, 3.05) is 25.2 Å². The zero-order valence-electron chi connectivity index (χ0n) is 18.6. The molecule has 0 aliphatic carbocycles. The molecule has 1 aliphatic heterocycles. The Morgan fingerprint density at radius 1 is 1.21 bits per heavy atom. The van der Waals surface area contributed by atoms with Gasteiger partial charge < -0.3 is 24.6 Å². The normalized spacial score (nSPS) is 15.4. The van der Waals surface area contributed by atoms with Crippen molar-refractivity contribution in [2.45, 2.75) is 18.6 Å². The van der Waals surface area contributed by atoms with Gasteiger partial charge in [-0.3, -0.25) is 4.79 Å². The molecule has 1 unspecified atom stereocenters. The number of hydrogen-bond donors (Lipinski definition) is 2. The molecule has 2 heterocycles. The van der Waals surface area contributed by atoms with Crippen molar-refractivity contribution in [2.24, 2.45) is 0 Å². The number of hydrogen-bond acceptors (Lipinski definition) is 7. The van der Waals surface area contributed by atoms with E-state index < -0.39 is 17.9 Å². The van der Waals surface area contributed by atoms with Gasteiger partial charge in [0.15, 0.2) is 17.6 Å². The number of amides is 1. The van der Waals surface area contributed by atoms with Crippen LogP contribution in [0.3, 0.4) is 0 Å². The number of rotatable bonds is 10. The predicted octanol–water partition coefficient (Wildman–Crippen LogP) is 4.57. The standard InChI is InChI=1S/C25H25NO6S2/c1-33-12-10-20(25(28)29)26-24(27)18-9-8-16(13-19(18)23-7-4-11-34-23)30-14-17-15-31-21-5-2-3-6-22(21)32-17/h2-9,11,13,17,20H,10,12,14-15H2,1H3,(H,26,27)(H,28,29)/t17?,20-/m0/s1. The molecule has 0 spiro atoms. The average molecular weight is 500 g/mol. The largest absolute Gasteiger partial charge is 0.490 e. The maximum atomic E-state index is 13.0. The van der Waals surface area contributed by atoms with Crippen molar-refractivity contribution in [1.82, 2.24) is 5.32 Å². The first kappa shape index (κ1) is 24.0. The number of carbonyl (C=O) groups is 2. The monoisotopic (exact) mass is 499 g/mol. The fourth-order valence-electron chi connectivity index (χ4n) is 3.51. The number of para-hydroxylation sites is 2. The van der Waals surface area contributed by atoms with Gasteiger partial charge in [-0.25, -0.2) is 4.79 Å². The van der Waals surface area contributed by atoms with Crippen molar-refractivity contribution in [3.05, 3.63) is 65.5 Å². The average Bonchev–Trinajstić information content (AvgIpc) is 3.39. The molecular weight excluding hydrogens is 474 g/mol. The zero-order chi connectivity index (χ0) is 23.9. The lowest BCUT2D eigenvalue weighted by atomic mass is 10.0. The quantitative estimate of drug-likeness (QED) is 0.422. The first-order valence-electron chi connectivity index (χ1n) is 10.8. The fourth-order valence-corrected chi connectivity index (χ4v) is 4.74. The molecule has 1 aromatic heterocycles. The van der Waals surface area contributed by atoms with E-state index in [1.54, 1.807) is 18.2 Å². The summed E-state index contributed by atoms with van der Waals surface area (Å²) >= 11 is 3.03. The van der Waals surface area contributed by atoms with Gasteiger partial charge in [-0.2, -0.15) is 11.8 Å². The molecule has 0 fully saturated rings. The molecular formula is C25H25NO6S2. The Bertz CT molecular complexity index is 1130. The minimum atomic E-state index is -1.05. The molecule has 2 aromatic carbocycles. The zero-order valence-corrected chi connectivity index (χ0v) is 20.2. The summed E-state index contributed by atoms with van der Waals surface area (Å²) < 4.78 is 17.7. The maximum Gasteiger partial charge on any atom is 0.326 e. The van der Waals surface area contributed by atoms with E-state index in [9.17, 15) is 14.7 Å². The molecule has 0 saturated carbocycles. The van der Waals surface area contributed by atoms with Crippen LogP contribution in [0.1, 0.15) is 16.8 Å². The molecule has 0 bridgehead atoms. The van der Waals surface area contributed by atoms with Gasteiger partial charge in [-0.05, 0) is 60.2 Å². The second kappa shape index (κ2) is 11.3. The molecule has 3 aromatic rings. The summed E-state index contributed by atoms with van der Waals surface area (Å²) in [6.07, 6.45) is 1.98. The van der Waals surface area contributed by atoms with Gasteiger partial charge >= 0.3 is 5.97 Å². The Morgan fingerprint density at radius 3 is 2.76 bits per heavy atom. The number of fused-ring (bicyclic) bond motifs is 1. The van der Waals surface area contributed by atoms with E-state index in [0.29, 0.717) is 47.2 Å². The van der Waals surface area contributed by atoms with Crippen LogP contribution in [-0.2, 0) is 4.79 Å². The third kappa shape index (κ3) is 5.84. The first-order valence-corrected chi connectivity index (χ1v) is 13.0. The van der Waals surface area contributed by atoms with E-state index in [4.69, 9.17) is 14.2 Å². The van der Waals surface area contributed by atoms with Gasteiger partial charge in [0, 0.05) is 16.0 Å². The molecule has 9 heteroatoms. The molecule has 1 amide bonds. The molecule has 178 valence electrons. The number of aliphatic carboxylic acids is 1. The topological polar surface area (TPSA) is 94.1 Å². The van der Waals surface area contributed by atoms with Crippen molar-refractivity contribution in [1.29, 1.82) is 0 Å². The van der Waals surface area contributed by atoms with Crippen LogP contribution >= 0.6 is 23.1 Å². The van der Waals surface area contributed by atoms with E-state index in [1.807, 2.05) is 48.0 Å². The molecule has 1 aliphatic rings. The highest BCUT2D eigenvalue weighted by atomic mass is 32.2. The molecule has 0 radical (unpaired) electrons. The van der Waals surface area contributed by atoms with Gasteiger partial charge in [0.25, 0.3) is 5.91 Å². The van der Waals surface area contributed by atoms with Crippen molar-refractivity contribution < 1.29 is 28.9 Å². The molecule has 34 heavy (non-hydrogen) atoms. The minimum Gasteiger partial charge on any atom is -0.490 e. The van der Waals surface area contributed by atoms with Gasteiger partial charge in [0.1, 0.15) is 25.0 Å². The Morgan fingerprint density at radius 2 is 2.03 bits per heavy atom. The summed E-state index contributed by atoms with van der Waals surface area (Å²) in [5, 5.41) is 14.1.